The van der Waals surface area contributed by atoms with Gasteiger partial charge in [-0.25, -0.2) is 9.98 Å². The fourth-order valence-corrected chi connectivity index (χ4v) is 3.27. The van der Waals surface area contributed by atoms with E-state index in [0.29, 0.717) is 19.0 Å². The standard InChI is InChI=1S/C19H28N4OS/c1-6-20-19(22-11-18-23-17(12-25-18)13(2)3)21-10-15-7-14(4)8-16(9-15)24-5/h7-9,12-13H,6,10-11H2,1-5H3,(H2,20,21,22). The van der Waals surface area contributed by atoms with Gasteiger partial charge < -0.3 is 15.4 Å². The van der Waals surface area contributed by atoms with E-state index in [-0.39, 0.29) is 0 Å². The smallest absolute Gasteiger partial charge is 0.191 e. The summed E-state index contributed by atoms with van der Waals surface area (Å²) in [5.41, 5.74) is 3.45. The zero-order valence-electron chi connectivity index (χ0n) is 15.7. The maximum atomic E-state index is 5.33. The van der Waals surface area contributed by atoms with Gasteiger partial charge in [-0.1, -0.05) is 19.9 Å². The van der Waals surface area contributed by atoms with Crippen molar-refractivity contribution < 1.29 is 4.74 Å². The fourth-order valence-electron chi connectivity index (χ4n) is 2.38. The molecule has 2 rings (SSSR count). The third-order valence-electron chi connectivity index (χ3n) is 3.68. The van der Waals surface area contributed by atoms with E-state index < -0.39 is 0 Å². The summed E-state index contributed by atoms with van der Waals surface area (Å²) in [5.74, 6) is 2.12. The number of thiazole rings is 1. The molecule has 6 heteroatoms. The van der Waals surface area contributed by atoms with Gasteiger partial charge in [-0.2, -0.15) is 0 Å². The second-order valence-electron chi connectivity index (χ2n) is 6.23. The number of hydrogen-bond acceptors (Lipinski definition) is 4. The van der Waals surface area contributed by atoms with Crippen LogP contribution in [-0.4, -0.2) is 24.6 Å². The van der Waals surface area contributed by atoms with Gasteiger partial charge in [0.1, 0.15) is 10.8 Å². The van der Waals surface area contributed by atoms with E-state index in [4.69, 9.17) is 4.74 Å². The average Bonchev–Trinajstić information content (AvgIpc) is 3.06. The van der Waals surface area contributed by atoms with E-state index >= 15 is 0 Å². The Morgan fingerprint density at radius 3 is 2.72 bits per heavy atom. The minimum absolute atomic E-state index is 0.461. The molecule has 1 aromatic heterocycles. The summed E-state index contributed by atoms with van der Waals surface area (Å²) >= 11 is 1.69. The number of guanidine groups is 1. The first-order valence-corrected chi connectivity index (χ1v) is 9.50. The second kappa shape index (κ2) is 9.42. The van der Waals surface area contributed by atoms with Gasteiger partial charge in [-0.3, -0.25) is 0 Å². The van der Waals surface area contributed by atoms with E-state index in [0.717, 1.165) is 34.5 Å². The molecule has 0 bridgehead atoms. The number of hydrogen-bond donors (Lipinski definition) is 2. The lowest BCUT2D eigenvalue weighted by atomic mass is 10.1. The van der Waals surface area contributed by atoms with Crippen LogP contribution in [0.25, 0.3) is 0 Å². The number of aromatic nitrogens is 1. The van der Waals surface area contributed by atoms with E-state index in [1.807, 2.05) is 12.1 Å². The highest BCUT2D eigenvalue weighted by molar-refractivity contribution is 7.09. The number of nitrogens with zero attached hydrogens (tertiary/aromatic N) is 2. The van der Waals surface area contributed by atoms with Crippen LogP contribution >= 0.6 is 11.3 Å². The van der Waals surface area contributed by atoms with E-state index in [9.17, 15) is 0 Å². The van der Waals surface area contributed by atoms with Crippen LogP contribution in [0.5, 0.6) is 5.75 Å². The molecule has 2 N–H and O–H groups in total. The molecule has 0 radical (unpaired) electrons. The minimum atomic E-state index is 0.461. The van der Waals surface area contributed by atoms with Crippen LogP contribution in [0, 0.1) is 6.92 Å². The quantitative estimate of drug-likeness (QED) is 0.582. The van der Waals surface area contributed by atoms with Crippen molar-refractivity contribution in [3.05, 3.63) is 45.4 Å². The summed E-state index contributed by atoms with van der Waals surface area (Å²) in [4.78, 5) is 9.32. The molecule has 2 aromatic rings. The van der Waals surface area contributed by atoms with Gasteiger partial charge in [0.05, 0.1) is 25.9 Å². The molecule has 0 unspecified atom stereocenters. The maximum absolute atomic E-state index is 5.33. The molecule has 0 saturated carbocycles. The van der Waals surface area contributed by atoms with Crippen LogP contribution in [0.1, 0.15) is 48.5 Å². The number of methoxy groups -OCH3 is 1. The molecule has 0 fully saturated rings. The van der Waals surface area contributed by atoms with Crippen LogP contribution in [0.4, 0.5) is 0 Å². The maximum Gasteiger partial charge on any atom is 0.191 e. The lowest BCUT2D eigenvalue weighted by Gasteiger charge is -2.11. The summed E-state index contributed by atoms with van der Waals surface area (Å²) in [5, 5.41) is 9.84. The number of ether oxygens (including phenoxy) is 1. The summed E-state index contributed by atoms with van der Waals surface area (Å²) in [6.07, 6.45) is 0. The van der Waals surface area contributed by atoms with Gasteiger partial charge in [0.2, 0.25) is 0 Å². The molecule has 1 heterocycles. The molecule has 136 valence electrons. The zero-order chi connectivity index (χ0) is 18.2. The number of benzene rings is 1. The van der Waals surface area contributed by atoms with Gasteiger partial charge >= 0.3 is 0 Å². The second-order valence-corrected chi connectivity index (χ2v) is 7.17. The first-order valence-electron chi connectivity index (χ1n) is 8.62. The SMILES string of the molecule is CCNC(=NCc1cc(C)cc(OC)c1)NCc1nc(C(C)C)cs1. The Labute approximate surface area is 154 Å². The van der Waals surface area contributed by atoms with Gasteiger partial charge in [-0.15, -0.1) is 11.3 Å². The molecule has 0 atom stereocenters. The molecule has 0 aliphatic heterocycles. The average molecular weight is 361 g/mol. The van der Waals surface area contributed by atoms with E-state index in [1.165, 1.54) is 5.56 Å². The molecule has 0 aliphatic rings. The first-order chi connectivity index (χ1) is 12.0. The van der Waals surface area contributed by atoms with Crippen LogP contribution in [-0.2, 0) is 13.1 Å². The Morgan fingerprint density at radius 1 is 1.28 bits per heavy atom. The molecule has 5 nitrogen and oxygen atoms in total. The molecular weight excluding hydrogens is 332 g/mol. The summed E-state index contributed by atoms with van der Waals surface area (Å²) in [7, 11) is 1.69. The molecule has 0 aliphatic carbocycles. The number of rotatable bonds is 7. The van der Waals surface area contributed by atoms with Crippen molar-refractivity contribution in [2.75, 3.05) is 13.7 Å². The van der Waals surface area contributed by atoms with Gasteiger partial charge in [0.25, 0.3) is 0 Å². The molecule has 0 spiro atoms. The van der Waals surface area contributed by atoms with Crippen LogP contribution in [0.2, 0.25) is 0 Å². The van der Waals surface area contributed by atoms with Crippen LogP contribution in [0.15, 0.2) is 28.6 Å². The molecular formula is C19H28N4OS. The van der Waals surface area contributed by atoms with E-state index in [1.54, 1.807) is 18.4 Å². The third-order valence-corrected chi connectivity index (χ3v) is 4.55. The fraction of sp³-hybridized carbons (Fsp3) is 0.474. The van der Waals surface area contributed by atoms with E-state index in [2.05, 4.69) is 59.8 Å². The van der Waals surface area contributed by atoms with Crippen molar-refractivity contribution in [1.82, 2.24) is 15.6 Å². The Hall–Kier alpha value is -2.08. The van der Waals surface area contributed by atoms with Crippen molar-refractivity contribution in [1.29, 1.82) is 0 Å². The Morgan fingerprint density at radius 2 is 2.08 bits per heavy atom. The normalized spacial score (nSPS) is 11.7. The summed E-state index contributed by atoms with van der Waals surface area (Å²) in [6.45, 7) is 10.5. The van der Waals surface area contributed by atoms with Gasteiger partial charge in [0.15, 0.2) is 5.96 Å². The third kappa shape index (κ3) is 6.05. The monoisotopic (exact) mass is 360 g/mol. The van der Waals surface area contributed by atoms with Crippen molar-refractivity contribution in [3.63, 3.8) is 0 Å². The van der Waals surface area contributed by atoms with Crippen molar-refractivity contribution in [2.45, 2.75) is 46.7 Å². The zero-order valence-corrected chi connectivity index (χ0v) is 16.5. The highest BCUT2D eigenvalue weighted by Gasteiger charge is 2.06. The number of nitrogens with one attached hydrogen (secondary N) is 2. The molecule has 25 heavy (non-hydrogen) atoms. The number of aliphatic imine (C=N–C) groups is 1. The highest BCUT2D eigenvalue weighted by Crippen LogP contribution is 2.18. The van der Waals surface area contributed by atoms with Crippen molar-refractivity contribution in [2.24, 2.45) is 4.99 Å². The van der Waals surface area contributed by atoms with Crippen LogP contribution in [0.3, 0.4) is 0 Å². The Kier molecular flexibility index (Phi) is 7.25. The Bertz CT molecular complexity index is 709. The largest absolute Gasteiger partial charge is 0.497 e. The highest BCUT2D eigenvalue weighted by atomic mass is 32.1. The van der Waals surface area contributed by atoms with Crippen molar-refractivity contribution >= 4 is 17.3 Å². The lowest BCUT2D eigenvalue weighted by Crippen LogP contribution is -2.36. The van der Waals surface area contributed by atoms with Crippen molar-refractivity contribution in [3.8, 4) is 5.75 Å². The molecule has 1 aromatic carbocycles. The summed E-state index contributed by atoms with van der Waals surface area (Å²) < 4.78 is 5.33. The Balaban J connectivity index is 2.01. The first kappa shape index (κ1) is 19.2. The van der Waals surface area contributed by atoms with Crippen LogP contribution < -0.4 is 15.4 Å². The molecule has 0 saturated heterocycles. The predicted molar refractivity (Wildman–Crippen MR) is 106 cm³/mol. The minimum Gasteiger partial charge on any atom is -0.497 e. The topological polar surface area (TPSA) is 58.5 Å². The molecule has 0 amide bonds. The lowest BCUT2D eigenvalue weighted by molar-refractivity contribution is 0.414. The summed E-state index contributed by atoms with van der Waals surface area (Å²) in [6, 6.07) is 6.17. The van der Waals surface area contributed by atoms with Gasteiger partial charge in [-0.05, 0) is 43.0 Å². The predicted octanol–water partition coefficient (Wildman–Crippen LogP) is 3.84. The van der Waals surface area contributed by atoms with Gasteiger partial charge in [0, 0.05) is 11.9 Å². The number of aryl methyl sites for hydroxylation is 1.